The third-order valence-corrected chi connectivity index (χ3v) is 2.16. The zero-order chi connectivity index (χ0) is 12.8. The van der Waals surface area contributed by atoms with Gasteiger partial charge in [0.1, 0.15) is 17.1 Å². The minimum atomic E-state index is -0.535. The lowest BCUT2D eigenvalue weighted by Gasteiger charge is -2.14. The van der Waals surface area contributed by atoms with E-state index in [0.717, 1.165) is 0 Å². The summed E-state index contributed by atoms with van der Waals surface area (Å²) in [6, 6.07) is 3.33. The first-order valence-corrected chi connectivity index (χ1v) is 5.42. The standard InChI is InChI=1S/C12H17NO4/c1-4-16-8-6-7-9(17-5-2)11(13)10(8)12(14)15-3/h6-7H,4-5,13H2,1-3H3. The number of nitrogens with two attached hydrogens (primary N) is 1. The van der Waals surface area contributed by atoms with Crippen LogP contribution in [0.4, 0.5) is 5.69 Å². The summed E-state index contributed by atoms with van der Waals surface area (Å²) in [6.07, 6.45) is 0. The Hall–Kier alpha value is -1.91. The van der Waals surface area contributed by atoms with Gasteiger partial charge in [0.05, 0.1) is 26.0 Å². The maximum Gasteiger partial charge on any atom is 0.343 e. The Labute approximate surface area is 100 Å². The summed E-state index contributed by atoms with van der Waals surface area (Å²) in [5, 5.41) is 0. The third-order valence-electron chi connectivity index (χ3n) is 2.16. The molecule has 0 saturated carbocycles. The molecule has 0 amide bonds. The van der Waals surface area contributed by atoms with Crippen molar-refractivity contribution in [2.75, 3.05) is 26.1 Å². The van der Waals surface area contributed by atoms with Crippen LogP contribution in [0, 0.1) is 0 Å². The number of rotatable bonds is 5. The van der Waals surface area contributed by atoms with Gasteiger partial charge in [0.25, 0.3) is 0 Å². The molecule has 0 aliphatic carbocycles. The van der Waals surface area contributed by atoms with E-state index in [1.54, 1.807) is 12.1 Å². The Morgan fingerprint density at radius 2 is 1.71 bits per heavy atom. The molecule has 0 bridgehead atoms. The van der Waals surface area contributed by atoms with Gasteiger partial charge in [-0.25, -0.2) is 4.79 Å². The lowest BCUT2D eigenvalue weighted by atomic mass is 10.1. The summed E-state index contributed by atoms with van der Waals surface area (Å²) in [5.74, 6) is 0.323. The fraction of sp³-hybridized carbons (Fsp3) is 0.417. The van der Waals surface area contributed by atoms with Gasteiger partial charge in [0.2, 0.25) is 0 Å². The molecule has 0 fully saturated rings. The maximum absolute atomic E-state index is 11.6. The molecule has 0 saturated heterocycles. The molecule has 0 radical (unpaired) electrons. The van der Waals surface area contributed by atoms with Crippen molar-refractivity contribution in [1.29, 1.82) is 0 Å². The highest BCUT2D eigenvalue weighted by Crippen LogP contribution is 2.33. The van der Waals surface area contributed by atoms with Gasteiger partial charge in [-0.15, -0.1) is 0 Å². The summed E-state index contributed by atoms with van der Waals surface area (Å²) in [6.45, 7) is 4.58. The highest BCUT2D eigenvalue weighted by atomic mass is 16.5. The van der Waals surface area contributed by atoms with Crippen LogP contribution >= 0.6 is 0 Å². The number of nitrogen functional groups attached to an aromatic ring is 1. The van der Waals surface area contributed by atoms with Gasteiger partial charge in [-0.2, -0.15) is 0 Å². The van der Waals surface area contributed by atoms with Crippen molar-refractivity contribution < 1.29 is 19.0 Å². The number of hydrogen-bond donors (Lipinski definition) is 1. The zero-order valence-corrected chi connectivity index (χ0v) is 10.3. The van der Waals surface area contributed by atoms with Crippen LogP contribution < -0.4 is 15.2 Å². The quantitative estimate of drug-likeness (QED) is 0.627. The molecule has 0 aromatic heterocycles. The molecule has 17 heavy (non-hydrogen) atoms. The first-order chi connectivity index (χ1) is 8.15. The van der Waals surface area contributed by atoms with Gasteiger partial charge >= 0.3 is 5.97 Å². The molecule has 0 aliphatic rings. The Morgan fingerprint density at radius 1 is 1.18 bits per heavy atom. The van der Waals surface area contributed by atoms with Crippen LogP contribution in [0.15, 0.2) is 12.1 Å². The molecule has 0 atom stereocenters. The molecule has 0 spiro atoms. The molecule has 1 aromatic rings. The van der Waals surface area contributed by atoms with Gasteiger partial charge in [0.15, 0.2) is 0 Å². The van der Waals surface area contributed by atoms with Gasteiger partial charge in [-0.05, 0) is 26.0 Å². The molecule has 1 aromatic carbocycles. The van der Waals surface area contributed by atoms with E-state index < -0.39 is 5.97 Å². The van der Waals surface area contributed by atoms with Crippen molar-refractivity contribution in [1.82, 2.24) is 0 Å². The molecule has 5 heteroatoms. The Morgan fingerprint density at radius 3 is 2.24 bits per heavy atom. The SMILES string of the molecule is CCOc1ccc(OCC)c(C(=O)OC)c1N. The van der Waals surface area contributed by atoms with Crippen LogP contribution in [0.25, 0.3) is 0 Å². The van der Waals surface area contributed by atoms with Gasteiger partial charge < -0.3 is 19.9 Å². The van der Waals surface area contributed by atoms with Crippen LogP contribution in [0.5, 0.6) is 11.5 Å². The smallest absolute Gasteiger partial charge is 0.343 e. The molecule has 0 unspecified atom stereocenters. The minimum absolute atomic E-state index is 0.209. The average molecular weight is 239 g/mol. The number of benzene rings is 1. The number of hydrogen-bond acceptors (Lipinski definition) is 5. The second kappa shape index (κ2) is 5.98. The predicted molar refractivity (Wildman–Crippen MR) is 64.5 cm³/mol. The Balaban J connectivity index is 3.25. The van der Waals surface area contributed by atoms with Gasteiger partial charge in [-0.1, -0.05) is 0 Å². The van der Waals surface area contributed by atoms with Crippen molar-refractivity contribution >= 4 is 11.7 Å². The molecule has 5 nitrogen and oxygen atoms in total. The van der Waals surface area contributed by atoms with E-state index in [9.17, 15) is 4.79 Å². The normalized spacial score (nSPS) is 9.82. The second-order valence-corrected chi connectivity index (χ2v) is 3.21. The van der Waals surface area contributed by atoms with Crippen LogP contribution in [-0.2, 0) is 4.74 Å². The van der Waals surface area contributed by atoms with Gasteiger partial charge in [-0.3, -0.25) is 0 Å². The second-order valence-electron chi connectivity index (χ2n) is 3.21. The summed E-state index contributed by atoms with van der Waals surface area (Å²) in [4.78, 5) is 11.6. The molecular weight excluding hydrogens is 222 g/mol. The largest absolute Gasteiger partial charge is 0.493 e. The molecule has 0 heterocycles. The highest BCUT2D eigenvalue weighted by Gasteiger charge is 2.20. The minimum Gasteiger partial charge on any atom is -0.493 e. The van der Waals surface area contributed by atoms with Crippen LogP contribution in [0.2, 0.25) is 0 Å². The number of carbonyl (C=O) groups is 1. The van der Waals surface area contributed by atoms with E-state index in [4.69, 9.17) is 15.2 Å². The summed E-state index contributed by atoms with van der Waals surface area (Å²) < 4.78 is 15.3. The highest BCUT2D eigenvalue weighted by molar-refractivity contribution is 5.99. The lowest BCUT2D eigenvalue weighted by molar-refractivity contribution is 0.0597. The first kappa shape index (κ1) is 13.2. The van der Waals surface area contributed by atoms with Crippen LogP contribution in [-0.4, -0.2) is 26.3 Å². The molecule has 1 rings (SSSR count). The average Bonchev–Trinajstić information content (AvgIpc) is 2.32. The van der Waals surface area contributed by atoms with E-state index in [0.29, 0.717) is 24.7 Å². The fourth-order valence-corrected chi connectivity index (χ4v) is 1.45. The number of anilines is 1. The number of carbonyl (C=O) groups excluding carboxylic acids is 1. The van der Waals surface area contributed by atoms with E-state index in [2.05, 4.69) is 4.74 Å². The van der Waals surface area contributed by atoms with Crippen molar-refractivity contribution in [2.45, 2.75) is 13.8 Å². The van der Waals surface area contributed by atoms with E-state index in [-0.39, 0.29) is 11.3 Å². The lowest BCUT2D eigenvalue weighted by Crippen LogP contribution is -2.10. The zero-order valence-electron chi connectivity index (χ0n) is 10.3. The number of esters is 1. The summed E-state index contributed by atoms with van der Waals surface area (Å²) >= 11 is 0. The monoisotopic (exact) mass is 239 g/mol. The Bertz CT molecular complexity index is 404. The summed E-state index contributed by atoms with van der Waals surface area (Å²) in [5.41, 5.74) is 6.32. The number of methoxy groups -OCH3 is 1. The van der Waals surface area contributed by atoms with Gasteiger partial charge in [0, 0.05) is 0 Å². The predicted octanol–water partition coefficient (Wildman–Crippen LogP) is 1.85. The number of ether oxygens (including phenoxy) is 3. The van der Waals surface area contributed by atoms with Crippen LogP contribution in [0.3, 0.4) is 0 Å². The molecule has 94 valence electrons. The van der Waals surface area contributed by atoms with Crippen LogP contribution in [0.1, 0.15) is 24.2 Å². The van der Waals surface area contributed by atoms with Crippen molar-refractivity contribution in [3.05, 3.63) is 17.7 Å². The summed E-state index contributed by atoms with van der Waals surface area (Å²) in [7, 11) is 1.30. The van der Waals surface area contributed by atoms with Crippen molar-refractivity contribution in [3.8, 4) is 11.5 Å². The van der Waals surface area contributed by atoms with Crippen molar-refractivity contribution in [3.63, 3.8) is 0 Å². The van der Waals surface area contributed by atoms with E-state index >= 15 is 0 Å². The molecular formula is C12H17NO4. The van der Waals surface area contributed by atoms with E-state index in [1.165, 1.54) is 7.11 Å². The third kappa shape index (κ3) is 2.81. The molecule has 2 N–H and O–H groups in total. The first-order valence-electron chi connectivity index (χ1n) is 5.42. The Kier molecular flexibility index (Phi) is 4.63. The maximum atomic E-state index is 11.6. The van der Waals surface area contributed by atoms with Crippen molar-refractivity contribution in [2.24, 2.45) is 0 Å². The fourth-order valence-electron chi connectivity index (χ4n) is 1.45. The van der Waals surface area contributed by atoms with E-state index in [1.807, 2.05) is 13.8 Å². The molecule has 0 aliphatic heterocycles. The topological polar surface area (TPSA) is 70.8 Å².